The van der Waals surface area contributed by atoms with Gasteiger partial charge in [-0.15, -0.1) is 0 Å². The zero-order valence-corrected chi connectivity index (χ0v) is 65.4. The molecule has 2 N–H and O–H groups in total. The van der Waals surface area contributed by atoms with E-state index < -0.39 is 0 Å². The van der Waals surface area contributed by atoms with Crippen molar-refractivity contribution in [3.8, 4) is 0 Å². The summed E-state index contributed by atoms with van der Waals surface area (Å²) in [5, 5.41) is 19.5. The molecule has 596 valence electrons. The van der Waals surface area contributed by atoms with E-state index in [4.69, 9.17) is 18.9 Å². The molecular formula is C83H145O20+. The Morgan fingerprint density at radius 2 is 0.670 bits per heavy atom. The van der Waals surface area contributed by atoms with Gasteiger partial charge in [-0.1, -0.05) is 114 Å². The van der Waals surface area contributed by atoms with Gasteiger partial charge in [0.05, 0.1) is 101 Å². The predicted octanol–water partition coefficient (Wildman–Crippen LogP) is 16.4. The van der Waals surface area contributed by atoms with Gasteiger partial charge in [0.2, 0.25) is 0 Å². The maximum atomic E-state index is 11.6. The number of carbonyl (C=O) groups excluding carboxylic acids is 11. The summed E-state index contributed by atoms with van der Waals surface area (Å²) in [6, 6.07) is 0. The molecule has 0 bridgehead atoms. The lowest BCUT2D eigenvalue weighted by Gasteiger charge is -2.37. The molecule has 20 heteroatoms. The lowest BCUT2D eigenvalue weighted by molar-refractivity contribution is -0.167. The molecule has 0 aromatic rings. The first-order valence-corrected chi connectivity index (χ1v) is 39.9. The van der Waals surface area contributed by atoms with Crippen molar-refractivity contribution >= 4 is 64.9 Å². The van der Waals surface area contributed by atoms with Crippen LogP contribution in [0.2, 0.25) is 0 Å². The van der Waals surface area contributed by atoms with Gasteiger partial charge in [-0.2, -0.15) is 0 Å². The zero-order valence-electron chi connectivity index (χ0n) is 65.4. The Bertz CT molecular complexity index is 2370. The normalized spacial score (nSPS) is 27.2. The number of carbonyl (C=O) groups is 11. The first kappa shape index (κ1) is 95.8. The summed E-state index contributed by atoms with van der Waals surface area (Å²) >= 11 is 0. The number of hydrogen-bond acceptors (Lipinski definition) is 20. The molecule has 103 heavy (non-hydrogen) atoms. The minimum absolute atomic E-state index is 0. The van der Waals surface area contributed by atoms with E-state index in [9.17, 15) is 63.0 Å². The Labute approximate surface area is 622 Å². The minimum Gasteiger partial charge on any atom is -0.469 e. The van der Waals surface area contributed by atoms with Crippen molar-refractivity contribution in [2.24, 2.45) is 82.9 Å². The van der Waals surface area contributed by atoms with Gasteiger partial charge in [0.15, 0.2) is 0 Å². The third kappa shape index (κ3) is 39.8. The standard InChI is InChI=1S/C12H22O3.2C12H20O3.C11H20O3.2C11H18O3.C10H16O2.C3H5.CH4.H2/c3*1-3-15-12(14)9(2)8-10-6-4-5-7-11(10)13;3*1-8(11(13)14-2)7-9-5-3-4-6-10(9)12;1-7-6-8-4-2-3-5-9(8)12-10(7)11;1-2-3-1;;/h9-11,13H,3-8H2,1-2H3;2*9-10H,3-8H2,1-2H3;8-10,12H,3-7H2,1-2H3;2*8-9H,3-7H2,1-2H3;7-9H,2-6H2,1H3;1H,2-3H2;1H4;1H/q;;;;;;;+1;;. The van der Waals surface area contributed by atoms with Gasteiger partial charge >= 0.3 is 41.8 Å². The zero-order chi connectivity index (χ0) is 76.1. The van der Waals surface area contributed by atoms with Crippen molar-refractivity contribution in [1.82, 2.24) is 0 Å². The van der Waals surface area contributed by atoms with Crippen LogP contribution in [0.4, 0.5) is 0 Å². The van der Waals surface area contributed by atoms with Gasteiger partial charge in [0.25, 0.3) is 0 Å². The Kier molecular flexibility index (Phi) is 51.3. The second-order valence-corrected chi connectivity index (χ2v) is 30.5. The van der Waals surface area contributed by atoms with Crippen molar-refractivity contribution < 1.29 is 97.5 Å². The van der Waals surface area contributed by atoms with Gasteiger partial charge in [0, 0.05) is 50.8 Å². The molecule has 0 aromatic heterocycles. The smallest absolute Gasteiger partial charge is 0.308 e. The fraction of sp³-hybridized carbons (Fsp3) is 0.855. The molecule has 1 heterocycles. The summed E-state index contributed by atoms with van der Waals surface area (Å²) in [7, 11) is 4.19. The van der Waals surface area contributed by atoms with Crippen LogP contribution in [0.25, 0.3) is 0 Å². The topological polar surface area (TPSA) is 293 Å². The summed E-state index contributed by atoms with van der Waals surface area (Å²) < 4.78 is 34.1. The summed E-state index contributed by atoms with van der Waals surface area (Å²) in [6.45, 7) is 19.8. The number of Topliss-reactive ketones (excluding diaryl/α,β-unsaturated/α-hetero) is 4. The molecule has 1 aliphatic heterocycles. The number of fused-ring (bicyclic) bond motifs is 1. The van der Waals surface area contributed by atoms with Crippen LogP contribution in [0.3, 0.4) is 0 Å². The first-order chi connectivity index (χ1) is 48.7. The largest absolute Gasteiger partial charge is 0.469 e. The molecule has 9 fully saturated rings. The molecule has 8 aliphatic carbocycles. The minimum atomic E-state index is -0.212. The summed E-state index contributed by atoms with van der Waals surface area (Å²) in [5.41, 5.74) is 0. The van der Waals surface area contributed by atoms with E-state index in [1.54, 1.807) is 13.8 Å². The number of ether oxygens (including phenoxy) is 7. The van der Waals surface area contributed by atoms with Crippen LogP contribution in [0, 0.1) is 89.3 Å². The number of aliphatic hydroxyl groups excluding tert-OH is 2. The van der Waals surface area contributed by atoms with Crippen molar-refractivity contribution in [3.05, 3.63) is 6.42 Å². The van der Waals surface area contributed by atoms with E-state index >= 15 is 0 Å². The highest BCUT2D eigenvalue weighted by Gasteiger charge is 2.37. The lowest BCUT2D eigenvalue weighted by atomic mass is 9.79. The molecule has 20 nitrogen and oxygen atoms in total. The number of esters is 7. The molecule has 8 saturated carbocycles. The quantitative estimate of drug-likeness (QED) is 0.0613. The SMILES string of the molecule is C.CC1CC2CCCCC2OC1=O.CCOC(=O)C(C)CC1CCCCC1=O.CCOC(=O)C(C)CC1CCCCC1=O.CCOC(=O)C(C)CC1CCCCC1O.COC(=O)C(C)CC1CCCCC1=O.COC(=O)C(C)CC1CCCCC1=O.COC(=O)C(C)CC1CCCCC1O.[CH+]1CC1.[HH]. The average Bonchev–Trinajstić information content (AvgIpc) is 0.858. The van der Waals surface area contributed by atoms with Crippen molar-refractivity contribution in [2.45, 2.75) is 333 Å². The van der Waals surface area contributed by atoms with Crippen LogP contribution >= 0.6 is 0 Å². The number of aliphatic hydroxyl groups is 2. The molecule has 0 spiro atoms. The van der Waals surface area contributed by atoms with Crippen LogP contribution < -0.4 is 0 Å². The van der Waals surface area contributed by atoms with Crippen LogP contribution in [0.1, 0.15) is 316 Å². The van der Waals surface area contributed by atoms with E-state index in [0.29, 0.717) is 100 Å². The Morgan fingerprint density at radius 1 is 0.408 bits per heavy atom. The molecule has 1 saturated heterocycles. The van der Waals surface area contributed by atoms with E-state index in [1.165, 1.54) is 66.3 Å². The predicted molar refractivity (Wildman–Crippen MR) is 400 cm³/mol. The fourth-order valence-electron chi connectivity index (χ4n) is 15.2. The van der Waals surface area contributed by atoms with Crippen molar-refractivity contribution in [1.29, 1.82) is 0 Å². The number of ketones is 4. The highest BCUT2D eigenvalue weighted by molar-refractivity contribution is 5.84. The Hall–Kier alpha value is -5.24. The molecule has 9 rings (SSSR count). The fourth-order valence-corrected chi connectivity index (χ4v) is 15.2. The molecule has 0 radical (unpaired) electrons. The van der Waals surface area contributed by atoms with Gasteiger partial charge in [-0.25, -0.2) is 0 Å². The van der Waals surface area contributed by atoms with E-state index in [-0.39, 0.29) is 146 Å². The third-order valence-corrected chi connectivity index (χ3v) is 21.7. The highest BCUT2D eigenvalue weighted by Crippen LogP contribution is 2.37. The van der Waals surface area contributed by atoms with E-state index in [1.807, 2.05) is 55.4 Å². The van der Waals surface area contributed by atoms with Gasteiger partial charge < -0.3 is 43.4 Å². The summed E-state index contributed by atoms with van der Waals surface area (Å²) in [6.07, 6.45) is 38.5. The summed E-state index contributed by atoms with van der Waals surface area (Å²) in [5.74, 6) is 1.33. The van der Waals surface area contributed by atoms with Gasteiger partial charge in [-0.05, 0) is 180 Å². The van der Waals surface area contributed by atoms with Gasteiger partial charge in [-0.3, -0.25) is 52.7 Å². The lowest BCUT2D eigenvalue weighted by Crippen LogP contribution is -2.38. The van der Waals surface area contributed by atoms with Crippen LogP contribution in [-0.4, -0.2) is 135 Å². The molecule has 0 aromatic carbocycles. The Balaban J connectivity index is 0.00000118. The molecule has 0 amide bonds. The van der Waals surface area contributed by atoms with Crippen molar-refractivity contribution in [3.63, 3.8) is 0 Å². The second-order valence-electron chi connectivity index (χ2n) is 30.5. The van der Waals surface area contributed by atoms with E-state index in [2.05, 4.69) is 20.6 Å². The molecule has 9 aliphatic rings. The number of methoxy groups -OCH3 is 3. The van der Waals surface area contributed by atoms with Crippen molar-refractivity contribution in [2.75, 3.05) is 41.2 Å². The maximum absolute atomic E-state index is 11.6. The third-order valence-electron chi connectivity index (χ3n) is 21.7. The molecular weight excluding hydrogens is 1320 g/mol. The second kappa shape index (κ2) is 55.2. The van der Waals surface area contributed by atoms with E-state index in [0.717, 1.165) is 141 Å². The number of hydrogen-bond donors (Lipinski definition) is 2. The molecule has 17 atom stereocenters. The van der Waals surface area contributed by atoms with Crippen LogP contribution in [-0.2, 0) is 85.9 Å². The average molecular weight is 1460 g/mol. The van der Waals surface area contributed by atoms with Gasteiger partial charge in [0.1, 0.15) is 42.1 Å². The Morgan fingerprint density at radius 3 is 0.951 bits per heavy atom. The van der Waals surface area contributed by atoms with Crippen LogP contribution in [0.5, 0.6) is 0 Å². The highest BCUT2D eigenvalue weighted by atomic mass is 16.6. The monoisotopic (exact) mass is 1460 g/mol. The number of rotatable bonds is 21. The molecule has 17 unspecified atom stereocenters. The first-order valence-electron chi connectivity index (χ1n) is 39.9. The maximum Gasteiger partial charge on any atom is 0.308 e. The van der Waals surface area contributed by atoms with Crippen LogP contribution in [0.15, 0.2) is 0 Å². The summed E-state index contributed by atoms with van der Waals surface area (Å²) in [4.78, 5) is 125.